The van der Waals surface area contributed by atoms with Crippen LogP contribution in [0.4, 0.5) is 0 Å². The Morgan fingerprint density at radius 2 is 1.93 bits per heavy atom. The smallest absolute Gasteiger partial charge is 0.264 e. The molecular formula is C19H23ClN2O7S. The van der Waals surface area contributed by atoms with Gasteiger partial charge in [0.05, 0.1) is 11.6 Å². The van der Waals surface area contributed by atoms with Crippen LogP contribution in [0.5, 0.6) is 5.75 Å². The van der Waals surface area contributed by atoms with Crippen molar-refractivity contribution in [1.82, 2.24) is 10.0 Å². The number of benzene rings is 1. The third-order valence-corrected chi connectivity index (χ3v) is 7.16. The Morgan fingerprint density at radius 3 is 2.47 bits per heavy atom. The van der Waals surface area contributed by atoms with E-state index >= 15 is 0 Å². The topological polar surface area (TPSA) is 135 Å². The number of hydrogen-bond donors (Lipinski definition) is 3. The number of carbonyl (C=O) groups excluding carboxylic acids is 1. The summed E-state index contributed by atoms with van der Waals surface area (Å²) in [5.41, 5.74) is 2.23. The molecule has 2 aromatic rings. The zero-order valence-electron chi connectivity index (χ0n) is 16.5. The fraction of sp³-hybridized carbons (Fsp3) is 0.368. The summed E-state index contributed by atoms with van der Waals surface area (Å²) in [5.74, 6) is -0.655. The van der Waals surface area contributed by atoms with E-state index in [2.05, 4.69) is 0 Å². The zero-order valence-corrected chi connectivity index (χ0v) is 18.0. The SMILES string of the molecule is CC(CCn1ccc(-c2ccc(OCCO)c(Cl)c2)cc1=O)(C(=O)NO)S(C)(=O)=O. The molecule has 0 aliphatic rings. The second-order valence-electron chi connectivity index (χ2n) is 6.86. The molecule has 0 saturated heterocycles. The van der Waals surface area contributed by atoms with E-state index in [1.165, 1.54) is 29.2 Å². The molecule has 0 aliphatic heterocycles. The highest BCUT2D eigenvalue weighted by molar-refractivity contribution is 7.92. The normalized spacial score (nSPS) is 13.5. The number of aliphatic hydroxyl groups excluding tert-OH is 1. The number of carbonyl (C=O) groups is 1. The number of sulfone groups is 1. The van der Waals surface area contributed by atoms with Crippen molar-refractivity contribution in [3.8, 4) is 16.9 Å². The van der Waals surface area contributed by atoms with Crippen LogP contribution in [-0.2, 0) is 21.2 Å². The summed E-state index contributed by atoms with van der Waals surface area (Å²) in [5, 5.41) is 18.0. The van der Waals surface area contributed by atoms with Crippen molar-refractivity contribution < 1.29 is 28.3 Å². The van der Waals surface area contributed by atoms with Gasteiger partial charge in [0.2, 0.25) is 0 Å². The third-order valence-electron chi connectivity index (χ3n) is 4.84. The Labute approximate surface area is 178 Å². The number of nitrogens with zero attached hydrogens (tertiary/aromatic N) is 1. The van der Waals surface area contributed by atoms with E-state index in [0.717, 1.165) is 6.26 Å². The van der Waals surface area contributed by atoms with Gasteiger partial charge in [-0.25, -0.2) is 13.9 Å². The summed E-state index contributed by atoms with van der Waals surface area (Å²) in [7, 11) is -3.86. The maximum atomic E-state index is 12.5. The van der Waals surface area contributed by atoms with Gasteiger partial charge in [-0.1, -0.05) is 17.7 Å². The van der Waals surface area contributed by atoms with E-state index < -0.39 is 26.1 Å². The number of aliphatic hydroxyl groups is 1. The lowest BCUT2D eigenvalue weighted by molar-refractivity contribution is -0.131. The number of rotatable bonds is 9. The van der Waals surface area contributed by atoms with E-state index in [1.54, 1.807) is 24.3 Å². The summed E-state index contributed by atoms with van der Waals surface area (Å²) in [6, 6.07) is 7.99. The molecule has 0 saturated carbocycles. The van der Waals surface area contributed by atoms with E-state index in [9.17, 15) is 18.0 Å². The number of ether oxygens (including phenoxy) is 1. The lowest BCUT2D eigenvalue weighted by Crippen LogP contribution is -2.49. The van der Waals surface area contributed by atoms with Crippen LogP contribution in [0, 0.1) is 0 Å². The second kappa shape index (κ2) is 9.61. The minimum atomic E-state index is -3.86. The molecular weight excluding hydrogens is 436 g/mol. The summed E-state index contributed by atoms with van der Waals surface area (Å²) in [6.07, 6.45) is 2.17. The second-order valence-corrected chi connectivity index (χ2v) is 9.71. The summed E-state index contributed by atoms with van der Waals surface area (Å²) in [6.45, 7) is 1.10. The number of pyridine rings is 1. The number of amides is 1. The minimum absolute atomic E-state index is 0.0508. The van der Waals surface area contributed by atoms with Gasteiger partial charge >= 0.3 is 0 Å². The fourth-order valence-electron chi connectivity index (χ4n) is 2.74. The maximum absolute atomic E-state index is 12.5. The quantitative estimate of drug-likeness (QED) is 0.380. The number of aromatic nitrogens is 1. The largest absolute Gasteiger partial charge is 0.490 e. The van der Waals surface area contributed by atoms with E-state index in [-0.39, 0.29) is 26.2 Å². The van der Waals surface area contributed by atoms with Crippen molar-refractivity contribution >= 4 is 27.3 Å². The molecule has 30 heavy (non-hydrogen) atoms. The van der Waals surface area contributed by atoms with E-state index in [0.29, 0.717) is 21.9 Å². The molecule has 1 heterocycles. The highest BCUT2D eigenvalue weighted by Crippen LogP contribution is 2.30. The molecule has 2 rings (SSSR count). The Bertz CT molecular complexity index is 1080. The molecule has 1 aromatic carbocycles. The first-order valence-electron chi connectivity index (χ1n) is 8.91. The molecule has 0 spiro atoms. The summed E-state index contributed by atoms with van der Waals surface area (Å²) >= 11 is 6.17. The summed E-state index contributed by atoms with van der Waals surface area (Å²) < 4.78 is 28.7. The molecule has 164 valence electrons. The molecule has 1 amide bonds. The van der Waals surface area contributed by atoms with Gasteiger partial charge in [-0.05, 0) is 42.7 Å². The fourth-order valence-corrected chi connectivity index (χ4v) is 3.82. The lowest BCUT2D eigenvalue weighted by Gasteiger charge is -2.25. The van der Waals surface area contributed by atoms with Crippen LogP contribution >= 0.6 is 11.6 Å². The molecule has 0 radical (unpaired) electrons. The van der Waals surface area contributed by atoms with Gasteiger partial charge in [0.25, 0.3) is 11.5 Å². The van der Waals surface area contributed by atoms with Gasteiger partial charge in [-0.15, -0.1) is 0 Å². The third kappa shape index (κ3) is 5.20. The van der Waals surface area contributed by atoms with Gasteiger partial charge in [0.1, 0.15) is 12.4 Å². The van der Waals surface area contributed by atoms with Gasteiger partial charge in [0, 0.05) is 25.1 Å². The molecule has 1 atom stereocenters. The van der Waals surface area contributed by atoms with Crippen LogP contribution < -0.4 is 15.8 Å². The van der Waals surface area contributed by atoms with Gasteiger partial charge in [-0.2, -0.15) is 0 Å². The predicted molar refractivity (Wildman–Crippen MR) is 112 cm³/mol. The first-order chi connectivity index (χ1) is 14.0. The molecule has 1 unspecified atom stereocenters. The molecule has 0 bridgehead atoms. The first kappa shape index (κ1) is 23.9. The van der Waals surface area contributed by atoms with Crippen LogP contribution in [0.25, 0.3) is 11.1 Å². The number of hydroxylamine groups is 1. The molecule has 11 heteroatoms. The first-order valence-corrected chi connectivity index (χ1v) is 11.2. The molecule has 3 N–H and O–H groups in total. The number of halogens is 1. The highest BCUT2D eigenvalue weighted by Gasteiger charge is 2.43. The van der Waals surface area contributed by atoms with E-state index in [1.807, 2.05) is 0 Å². The van der Waals surface area contributed by atoms with Crippen molar-refractivity contribution in [2.75, 3.05) is 19.5 Å². The van der Waals surface area contributed by atoms with Crippen LogP contribution in [0.1, 0.15) is 13.3 Å². The van der Waals surface area contributed by atoms with Crippen molar-refractivity contribution in [3.63, 3.8) is 0 Å². The molecule has 0 fully saturated rings. The number of nitrogens with one attached hydrogen (secondary N) is 1. The number of aryl methyl sites for hydroxylation is 1. The zero-order chi connectivity index (χ0) is 22.5. The van der Waals surface area contributed by atoms with Gasteiger partial charge < -0.3 is 14.4 Å². The van der Waals surface area contributed by atoms with Crippen LogP contribution in [0.3, 0.4) is 0 Å². The van der Waals surface area contributed by atoms with Crippen molar-refractivity contribution in [3.05, 3.63) is 51.9 Å². The molecule has 0 aliphatic carbocycles. The van der Waals surface area contributed by atoms with Gasteiger partial charge in [0.15, 0.2) is 14.6 Å². The van der Waals surface area contributed by atoms with Crippen molar-refractivity contribution in [2.45, 2.75) is 24.6 Å². The van der Waals surface area contributed by atoms with Crippen molar-refractivity contribution in [2.24, 2.45) is 0 Å². The van der Waals surface area contributed by atoms with Crippen LogP contribution in [-0.4, -0.2) is 53.4 Å². The monoisotopic (exact) mass is 458 g/mol. The Hall–Kier alpha value is -2.40. The lowest BCUT2D eigenvalue weighted by atomic mass is 10.1. The van der Waals surface area contributed by atoms with E-state index in [4.69, 9.17) is 26.7 Å². The van der Waals surface area contributed by atoms with Crippen LogP contribution in [0.2, 0.25) is 5.02 Å². The minimum Gasteiger partial charge on any atom is -0.490 e. The molecule has 9 nitrogen and oxygen atoms in total. The highest BCUT2D eigenvalue weighted by atomic mass is 35.5. The maximum Gasteiger partial charge on any atom is 0.264 e. The Kier molecular flexibility index (Phi) is 7.64. The predicted octanol–water partition coefficient (Wildman–Crippen LogP) is 1.24. The Balaban J connectivity index is 2.24. The molecule has 1 aromatic heterocycles. The standard InChI is InChI=1S/C19H23ClN2O7S/c1-19(18(25)21-26,30(2,27)28)6-8-22-7-5-14(12-17(22)24)13-3-4-16(15(20)11-13)29-10-9-23/h3-5,7,11-12,23,26H,6,8-10H2,1-2H3,(H,21,25). The number of hydrogen-bond acceptors (Lipinski definition) is 7. The average molecular weight is 459 g/mol. The summed E-state index contributed by atoms with van der Waals surface area (Å²) in [4.78, 5) is 24.4. The van der Waals surface area contributed by atoms with Crippen LogP contribution in [0.15, 0.2) is 41.3 Å². The Morgan fingerprint density at radius 1 is 1.27 bits per heavy atom. The van der Waals surface area contributed by atoms with Gasteiger partial charge in [-0.3, -0.25) is 14.8 Å². The average Bonchev–Trinajstić information content (AvgIpc) is 2.70. The van der Waals surface area contributed by atoms with Crippen molar-refractivity contribution in [1.29, 1.82) is 0 Å².